The first-order chi connectivity index (χ1) is 9.79. The van der Waals surface area contributed by atoms with Crippen LogP contribution in [0, 0.1) is 0 Å². The first kappa shape index (κ1) is 12.9. The van der Waals surface area contributed by atoms with Gasteiger partial charge in [-0.3, -0.25) is 4.98 Å². The van der Waals surface area contributed by atoms with Gasteiger partial charge in [-0.25, -0.2) is 4.98 Å². The highest BCUT2D eigenvalue weighted by Crippen LogP contribution is 2.31. The number of benzene rings is 1. The van der Waals surface area contributed by atoms with E-state index in [2.05, 4.69) is 22.2 Å². The molecule has 0 bridgehead atoms. The molecule has 0 amide bonds. The van der Waals surface area contributed by atoms with Gasteiger partial charge in [-0.05, 0) is 30.7 Å². The van der Waals surface area contributed by atoms with E-state index in [0.717, 1.165) is 28.0 Å². The minimum absolute atomic E-state index is 0.210. The predicted octanol–water partition coefficient (Wildman–Crippen LogP) is 3.84. The molecular formula is C15H16N4S. The molecule has 102 valence electrons. The Labute approximate surface area is 121 Å². The standard InChI is InChI=1S/C15H16N4S/c1-2-12(15-18-8-9-20-15)19-13-6-5-11(16)14-10(13)4-3-7-17-14/h3-9,12,19H,2,16H2,1H3. The zero-order valence-electron chi connectivity index (χ0n) is 11.2. The van der Waals surface area contributed by atoms with E-state index in [9.17, 15) is 0 Å². The van der Waals surface area contributed by atoms with Gasteiger partial charge in [-0.2, -0.15) is 0 Å². The summed E-state index contributed by atoms with van der Waals surface area (Å²) in [5.74, 6) is 0. The molecule has 0 saturated heterocycles. The van der Waals surface area contributed by atoms with Gasteiger partial charge in [0.2, 0.25) is 0 Å². The number of nitrogens with zero attached hydrogens (tertiary/aromatic N) is 2. The number of pyridine rings is 1. The maximum Gasteiger partial charge on any atom is 0.115 e. The zero-order chi connectivity index (χ0) is 13.9. The lowest BCUT2D eigenvalue weighted by Gasteiger charge is -2.17. The van der Waals surface area contributed by atoms with Crippen LogP contribution in [-0.4, -0.2) is 9.97 Å². The van der Waals surface area contributed by atoms with E-state index in [-0.39, 0.29) is 6.04 Å². The van der Waals surface area contributed by atoms with Gasteiger partial charge in [0.05, 0.1) is 17.2 Å². The van der Waals surface area contributed by atoms with Crippen molar-refractivity contribution in [3.8, 4) is 0 Å². The van der Waals surface area contributed by atoms with Crippen LogP contribution < -0.4 is 11.1 Å². The number of hydrogen-bond acceptors (Lipinski definition) is 5. The lowest BCUT2D eigenvalue weighted by molar-refractivity contribution is 0.743. The molecule has 2 heterocycles. The number of nitrogens with two attached hydrogens (primary N) is 1. The number of rotatable bonds is 4. The number of nitrogen functional groups attached to an aromatic ring is 1. The quantitative estimate of drug-likeness (QED) is 0.715. The highest BCUT2D eigenvalue weighted by atomic mass is 32.1. The zero-order valence-corrected chi connectivity index (χ0v) is 12.0. The van der Waals surface area contributed by atoms with E-state index >= 15 is 0 Å². The van der Waals surface area contributed by atoms with Crippen molar-refractivity contribution in [3.63, 3.8) is 0 Å². The highest BCUT2D eigenvalue weighted by Gasteiger charge is 2.13. The molecule has 0 radical (unpaired) electrons. The fraction of sp³-hybridized carbons (Fsp3) is 0.200. The van der Waals surface area contributed by atoms with Crippen LogP contribution in [0.3, 0.4) is 0 Å². The minimum atomic E-state index is 0.210. The average Bonchev–Trinajstić information content (AvgIpc) is 3.01. The number of nitrogens with one attached hydrogen (secondary N) is 1. The Bertz CT molecular complexity index is 709. The molecule has 3 N–H and O–H groups in total. The Balaban J connectivity index is 2.00. The van der Waals surface area contributed by atoms with Crippen molar-refractivity contribution >= 4 is 33.6 Å². The normalized spacial score (nSPS) is 12.4. The van der Waals surface area contributed by atoms with Gasteiger partial charge in [0.15, 0.2) is 0 Å². The van der Waals surface area contributed by atoms with E-state index in [4.69, 9.17) is 5.73 Å². The summed E-state index contributed by atoms with van der Waals surface area (Å²) < 4.78 is 0. The predicted molar refractivity (Wildman–Crippen MR) is 84.9 cm³/mol. The Morgan fingerprint density at radius 2 is 2.15 bits per heavy atom. The molecule has 0 saturated carbocycles. The lowest BCUT2D eigenvalue weighted by Crippen LogP contribution is -2.10. The van der Waals surface area contributed by atoms with Crippen molar-refractivity contribution in [3.05, 3.63) is 47.0 Å². The van der Waals surface area contributed by atoms with Crippen LogP contribution in [0.1, 0.15) is 24.4 Å². The van der Waals surface area contributed by atoms with Crippen LogP contribution in [0.25, 0.3) is 10.9 Å². The third-order valence-corrected chi connectivity index (χ3v) is 4.18. The molecule has 5 heteroatoms. The molecule has 4 nitrogen and oxygen atoms in total. The van der Waals surface area contributed by atoms with Crippen molar-refractivity contribution < 1.29 is 0 Å². The summed E-state index contributed by atoms with van der Waals surface area (Å²) in [6.07, 6.45) is 4.58. The summed E-state index contributed by atoms with van der Waals surface area (Å²) in [6, 6.07) is 8.08. The Morgan fingerprint density at radius 1 is 1.25 bits per heavy atom. The number of fused-ring (bicyclic) bond motifs is 1. The first-order valence-electron chi connectivity index (χ1n) is 6.58. The molecule has 1 unspecified atom stereocenters. The first-order valence-corrected chi connectivity index (χ1v) is 7.46. The van der Waals surface area contributed by atoms with Gasteiger partial charge in [0.1, 0.15) is 5.01 Å². The van der Waals surface area contributed by atoms with E-state index in [1.807, 2.05) is 35.8 Å². The SMILES string of the molecule is CCC(Nc1ccc(N)c2ncccc12)c1nccs1. The van der Waals surface area contributed by atoms with Crippen molar-refractivity contribution in [1.29, 1.82) is 0 Å². The van der Waals surface area contributed by atoms with Crippen LogP contribution in [-0.2, 0) is 0 Å². The van der Waals surface area contributed by atoms with Crippen LogP contribution >= 0.6 is 11.3 Å². The molecule has 3 rings (SSSR count). The van der Waals surface area contributed by atoms with Gasteiger partial charge in [0.25, 0.3) is 0 Å². The molecule has 0 spiro atoms. The molecule has 0 aliphatic carbocycles. The van der Waals surface area contributed by atoms with Gasteiger partial charge >= 0.3 is 0 Å². The van der Waals surface area contributed by atoms with Crippen molar-refractivity contribution in [1.82, 2.24) is 9.97 Å². The molecule has 1 atom stereocenters. The summed E-state index contributed by atoms with van der Waals surface area (Å²) >= 11 is 1.67. The number of aromatic nitrogens is 2. The summed E-state index contributed by atoms with van der Waals surface area (Å²) in [6.45, 7) is 2.15. The van der Waals surface area contributed by atoms with E-state index < -0.39 is 0 Å². The van der Waals surface area contributed by atoms with Crippen LogP contribution in [0.2, 0.25) is 0 Å². The van der Waals surface area contributed by atoms with Gasteiger partial charge in [-0.1, -0.05) is 6.92 Å². The van der Waals surface area contributed by atoms with Crippen LogP contribution in [0.4, 0.5) is 11.4 Å². The van der Waals surface area contributed by atoms with Crippen LogP contribution in [0.5, 0.6) is 0 Å². The fourth-order valence-corrected chi connectivity index (χ4v) is 3.03. The Kier molecular flexibility index (Phi) is 3.52. The smallest absolute Gasteiger partial charge is 0.115 e. The lowest BCUT2D eigenvalue weighted by atomic mass is 10.1. The largest absolute Gasteiger partial charge is 0.397 e. The number of hydrogen-bond donors (Lipinski definition) is 2. The Hall–Kier alpha value is -2.14. The van der Waals surface area contributed by atoms with E-state index in [0.29, 0.717) is 5.69 Å². The maximum absolute atomic E-state index is 5.98. The highest BCUT2D eigenvalue weighted by molar-refractivity contribution is 7.09. The molecule has 20 heavy (non-hydrogen) atoms. The molecule has 2 aromatic heterocycles. The summed E-state index contributed by atoms with van der Waals surface area (Å²) in [5, 5.41) is 7.70. The molecule has 0 fully saturated rings. The Morgan fingerprint density at radius 3 is 2.90 bits per heavy atom. The summed E-state index contributed by atoms with van der Waals surface area (Å²) in [5.41, 5.74) is 8.57. The number of anilines is 2. The second kappa shape index (κ2) is 5.46. The third kappa shape index (κ3) is 2.32. The van der Waals surface area contributed by atoms with Gasteiger partial charge in [0, 0.05) is 28.8 Å². The number of thiazole rings is 1. The van der Waals surface area contributed by atoms with E-state index in [1.165, 1.54) is 0 Å². The molecule has 0 aliphatic rings. The van der Waals surface area contributed by atoms with E-state index in [1.54, 1.807) is 17.5 Å². The average molecular weight is 284 g/mol. The van der Waals surface area contributed by atoms with Crippen molar-refractivity contribution in [2.24, 2.45) is 0 Å². The molecule has 3 aromatic rings. The van der Waals surface area contributed by atoms with Crippen LogP contribution in [0.15, 0.2) is 42.0 Å². The molecule has 0 aliphatic heterocycles. The fourth-order valence-electron chi connectivity index (χ4n) is 2.25. The van der Waals surface area contributed by atoms with Gasteiger partial charge in [-0.15, -0.1) is 11.3 Å². The second-order valence-electron chi connectivity index (χ2n) is 4.58. The maximum atomic E-state index is 5.98. The molecular weight excluding hydrogens is 268 g/mol. The summed E-state index contributed by atoms with van der Waals surface area (Å²) in [4.78, 5) is 8.76. The molecule has 1 aromatic carbocycles. The van der Waals surface area contributed by atoms with Crippen molar-refractivity contribution in [2.45, 2.75) is 19.4 Å². The second-order valence-corrected chi connectivity index (χ2v) is 5.50. The topological polar surface area (TPSA) is 63.8 Å². The monoisotopic (exact) mass is 284 g/mol. The third-order valence-electron chi connectivity index (χ3n) is 3.29. The summed E-state index contributed by atoms with van der Waals surface area (Å²) in [7, 11) is 0. The van der Waals surface area contributed by atoms with Gasteiger partial charge < -0.3 is 11.1 Å². The minimum Gasteiger partial charge on any atom is -0.397 e. The van der Waals surface area contributed by atoms with Crippen molar-refractivity contribution in [2.75, 3.05) is 11.1 Å².